The highest BCUT2D eigenvalue weighted by atomic mass is 35.5. The average molecular weight is 396 g/mol. The molecule has 6 nitrogen and oxygen atoms in total. The van der Waals surface area contributed by atoms with Crippen LogP contribution in [0.4, 0.5) is 5.69 Å². The smallest absolute Gasteiger partial charge is 0.268 e. The van der Waals surface area contributed by atoms with Gasteiger partial charge in [0.25, 0.3) is 5.91 Å². The van der Waals surface area contributed by atoms with E-state index in [4.69, 9.17) is 23.2 Å². The Morgan fingerprint density at radius 3 is 2.52 bits per heavy atom. The van der Waals surface area contributed by atoms with Gasteiger partial charge in [0.1, 0.15) is 5.15 Å². The van der Waals surface area contributed by atoms with E-state index >= 15 is 0 Å². The molecule has 0 unspecified atom stereocenters. The molecule has 2 aromatic heterocycles. The molecule has 0 aliphatic carbocycles. The Labute approximate surface area is 154 Å². The van der Waals surface area contributed by atoms with E-state index in [1.165, 1.54) is 18.3 Å². The van der Waals surface area contributed by atoms with Crippen molar-refractivity contribution in [2.24, 2.45) is 0 Å². The van der Waals surface area contributed by atoms with Gasteiger partial charge < -0.3 is 0 Å². The van der Waals surface area contributed by atoms with Crippen LogP contribution < -0.4 is 4.31 Å². The van der Waals surface area contributed by atoms with E-state index in [9.17, 15) is 13.2 Å². The van der Waals surface area contributed by atoms with Crippen LogP contribution in [0.2, 0.25) is 10.2 Å². The van der Waals surface area contributed by atoms with Crippen molar-refractivity contribution in [1.82, 2.24) is 9.97 Å². The number of sulfonamides is 1. The molecule has 0 radical (unpaired) electrons. The van der Waals surface area contributed by atoms with Crippen LogP contribution in [0.5, 0.6) is 0 Å². The molecule has 0 aliphatic rings. The van der Waals surface area contributed by atoms with Crippen molar-refractivity contribution >= 4 is 55.6 Å². The largest absolute Gasteiger partial charge is 0.272 e. The molecule has 0 bridgehead atoms. The van der Waals surface area contributed by atoms with E-state index in [0.717, 1.165) is 17.0 Å². The predicted octanol–water partition coefficient (Wildman–Crippen LogP) is 3.54. The Kier molecular flexibility index (Phi) is 4.64. The second-order valence-electron chi connectivity index (χ2n) is 5.24. The number of hydrogen-bond acceptors (Lipinski definition) is 5. The summed E-state index contributed by atoms with van der Waals surface area (Å²) in [6.45, 7) is 0. The van der Waals surface area contributed by atoms with Crippen LogP contribution in [0, 0.1) is 0 Å². The van der Waals surface area contributed by atoms with Crippen molar-refractivity contribution in [2.75, 3.05) is 10.6 Å². The molecule has 0 atom stereocenters. The molecule has 0 saturated heterocycles. The standard InChI is InChI=1S/C16H11Cl2N3O3S/c1-25(23,24)21(13-7-14(17)15(18)20-9-13)16(22)11-2-3-12-8-19-5-4-10(12)6-11/h2-9H,1H3. The fourth-order valence-electron chi connectivity index (χ4n) is 2.32. The van der Waals surface area contributed by atoms with Gasteiger partial charge in [0.15, 0.2) is 0 Å². The number of fused-ring (bicyclic) bond motifs is 1. The van der Waals surface area contributed by atoms with Crippen molar-refractivity contribution in [2.45, 2.75) is 0 Å². The van der Waals surface area contributed by atoms with Crippen molar-refractivity contribution in [3.8, 4) is 0 Å². The highest BCUT2D eigenvalue weighted by Crippen LogP contribution is 2.28. The summed E-state index contributed by atoms with van der Waals surface area (Å²) in [5.41, 5.74) is 0.215. The fraction of sp³-hybridized carbons (Fsp3) is 0.0625. The van der Waals surface area contributed by atoms with Crippen LogP contribution in [0.1, 0.15) is 10.4 Å². The first kappa shape index (κ1) is 17.6. The lowest BCUT2D eigenvalue weighted by atomic mass is 10.1. The first-order valence-electron chi connectivity index (χ1n) is 6.97. The van der Waals surface area contributed by atoms with Gasteiger partial charge >= 0.3 is 0 Å². The lowest BCUT2D eigenvalue weighted by Gasteiger charge is -2.20. The molecule has 0 aliphatic heterocycles. The molecule has 0 N–H and O–H groups in total. The van der Waals surface area contributed by atoms with E-state index in [1.54, 1.807) is 30.6 Å². The summed E-state index contributed by atoms with van der Waals surface area (Å²) in [7, 11) is -3.92. The highest BCUT2D eigenvalue weighted by molar-refractivity contribution is 7.92. The maximum atomic E-state index is 12.9. The van der Waals surface area contributed by atoms with Crippen LogP contribution in [0.25, 0.3) is 10.8 Å². The molecule has 128 valence electrons. The molecule has 1 aromatic carbocycles. The molecule has 3 aromatic rings. The second kappa shape index (κ2) is 6.59. The van der Waals surface area contributed by atoms with Crippen molar-refractivity contribution < 1.29 is 13.2 Å². The third kappa shape index (κ3) is 3.58. The van der Waals surface area contributed by atoms with Crippen LogP contribution in [0.15, 0.2) is 48.9 Å². The monoisotopic (exact) mass is 395 g/mol. The van der Waals surface area contributed by atoms with Crippen molar-refractivity contribution in [3.05, 3.63) is 64.7 Å². The Bertz CT molecular complexity index is 1090. The molecule has 0 saturated carbocycles. The normalized spacial score (nSPS) is 11.5. The summed E-state index contributed by atoms with van der Waals surface area (Å²) in [5.74, 6) is -0.721. The molecule has 3 rings (SSSR count). The van der Waals surface area contributed by atoms with E-state index in [-0.39, 0.29) is 21.4 Å². The predicted molar refractivity (Wildman–Crippen MR) is 97.7 cm³/mol. The minimum atomic E-state index is -3.92. The molecule has 0 spiro atoms. The number of pyridine rings is 2. The number of amides is 1. The average Bonchev–Trinajstić information content (AvgIpc) is 2.56. The first-order chi connectivity index (χ1) is 11.8. The van der Waals surface area contributed by atoms with E-state index in [1.807, 2.05) is 0 Å². The van der Waals surface area contributed by atoms with Gasteiger partial charge in [-0.2, -0.15) is 0 Å². The number of rotatable bonds is 3. The van der Waals surface area contributed by atoms with Gasteiger partial charge in [-0.15, -0.1) is 0 Å². The first-order valence-corrected chi connectivity index (χ1v) is 9.57. The molecular weight excluding hydrogens is 385 g/mol. The lowest BCUT2D eigenvalue weighted by molar-refractivity contribution is 0.101. The Balaban J connectivity index is 2.12. The molecule has 25 heavy (non-hydrogen) atoms. The van der Waals surface area contributed by atoms with Gasteiger partial charge in [0.2, 0.25) is 10.0 Å². The van der Waals surface area contributed by atoms with Gasteiger partial charge in [0.05, 0.1) is 23.2 Å². The molecule has 0 fully saturated rings. The van der Waals surface area contributed by atoms with Crippen LogP contribution in [-0.4, -0.2) is 30.5 Å². The van der Waals surface area contributed by atoms with Crippen LogP contribution in [-0.2, 0) is 10.0 Å². The number of carbonyl (C=O) groups is 1. The van der Waals surface area contributed by atoms with E-state index < -0.39 is 15.9 Å². The Morgan fingerprint density at radius 2 is 1.84 bits per heavy atom. The number of aromatic nitrogens is 2. The molecule has 2 heterocycles. The quantitative estimate of drug-likeness (QED) is 0.633. The second-order valence-corrected chi connectivity index (χ2v) is 7.83. The van der Waals surface area contributed by atoms with Crippen LogP contribution >= 0.6 is 23.2 Å². The third-order valence-electron chi connectivity index (χ3n) is 3.42. The number of carbonyl (C=O) groups excluding carboxylic acids is 1. The Hall–Kier alpha value is -2.22. The molecular formula is C16H11Cl2N3O3S. The number of halogens is 2. The van der Waals surface area contributed by atoms with Gasteiger partial charge in [-0.3, -0.25) is 9.78 Å². The minimum absolute atomic E-state index is 0.0109. The number of nitrogens with zero attached hydrogens (tertiary/aromatic N) is 3. The van der Waals surface area contributed by atoms with Gasteiger partial charge in [-0.05, 0) is 29.7 Å². The SMILES string of the molecule is CS(=O)(=O)N(C(=O)c1ccc2cnccc2c1)c1cnc(Cl)c(Cl)c1. The lowest BCUT2D eigenvalue weighted by Crippen LogP contribution is -2.36. The molecule has 1 amide bonds. The summed E-state index contributed by atoms with van der Waals surface area (Å²) >= 11 is 11.7. The fourth-order valence-corrected chi connectivity index (χ4v) is 3.47. The summed E-state index contributed by atoms with van der Waals surface area (Å²) in [5, 5.41) is 1.66. The molecule has 9 heteroatoms. The highest BCUT2D eigenvalue weighted by Gasteiger charge is 2.27. The number of anilines is 1. The van der Waals surface area contributed by atoms with Crippen LogP contribution in [0.3, 0.4) is 0 Å². The van der Waals surface area contributed by atoms with E-state index in [2.05, 4.69) is 9.97 Å². The zero-order valence-corrected chi connectivity index (χ0v) is 15.2. The number of hydrogen-bond donors (Lipinski definition) is 0. The van der Waals surface area contributed by atoms with Gasteiger partial charge in [0, 0.05) is 23.3 Å². The minimum Gasteiger partial charge on any atom is -0.268 e. The topological polar surface area (TPSA) is 80.2 Å². The zero-order chi connectivity index (χ0) is 18.2. The zero-order valence-electron chi connectivity index (χ0n) is 12.8. The summed E-state index contributed by atoms with van der Waals surface area (Å²) < 4.78 is 25.0. The summed E-state index contributed by atoms with van der Waals surface area (Å²) in [6, 6.07) is 7.85. The van der Waals surface area contributed by atoms with Crippen molar-refractivity contribution in [1.29, 1.82) is 0 Å². The van der Waals surface area contributed by atoms with Crippen molar-refractivity contribution in [3.63, 3.8) is 0 Å². The van der Waals surface area contributed by atoms with E-state index in [0.29, 0.717) is 4.31 Å². The Morgan fingerprint density at radius 1 is 1.08 bits per heavy atom. The van der Waals surface area contributed by atoms with Gasteiger partial charge in [-0.25, -0.2) is 17.7 Å². The third-order valence-corrected chi connectivity index (χ3v) is 5.15. The summed E-state index contributed by atoms with van der Waals surface area (Å²) in [4.78, 5) is 20.7. The van der Waals surface area contributed by atoms with Gasteiger partial charge in [-0.1, -0.05) is 29.3 Å². The maximum absolute atomic E-state index is 12.9. The summed E-state index contributed by atoms with van der Waals surface area (Å²) in [6.07, 6.45) is 5.35. The number of benzene rings is 1. The maximum Gasteiger partial charge on any atom is 0.272 e.